The first-order chi connectivity index (χ1) is 31.1. The van der Waals surface area contributed by atoms with Crippen LogP contribution in [0.4, 0.5) is 0 Å². The number of hydrogen-bond acceptors (Lipinski definition) is 8. The molecule has 0 saturated carbocycles. The van der Waals surface area contributed by atoms with Crippen molar-refractivity contribution in [1.82, 2.24) is 18.8 Å². The van der Waals surface area contributed by atoms with Crippen molar-refractivity contribution in [2.45, 2.75) is 0 Å². The molecule has 0 atom stereocenters. The molecule has 4 heterocycles. The first-order valence-corrected chi connectivity index (χ1v) is 21.9. The lowest BCUT2D eigenvalue weighted by Gasteiger charge is -2.20. The summed E-state index contributed by atoms with van der Waals surface area (Å²) in [5.74, 6) is -1.17. The average Bonchev–Trinajstić information content (AvgIpc) is 3.91. The molecule has 0 aliphatic heterocycles. The molecule has 0 radical (unpaired) electrons. The summed E-state index contributed by atoms with van der Waals surface area (Å²) < 4.78 is 4.40. The molecule has 0 bridgehead atoms. The zero-order valence-corrected chi connectivity index (χ0v) is 35.6. The lowest BCUT2D eigenvalue weighted by molar-refractivity contribution is 0.0980. The second-order valence-electron chi connectivity index (χ2n) is 16.7. The van der Waals surface area contributed by atoms with Crippen molar-refractivity contribution in [2.75, 3.05) is 0 Å². The smallest absolute Gasteiger partial charge is 0.264 e. The van der Waals surface area contributed by atoms with Crippen molar-refractivity contribution in [2.24, 2.45) is 0 Å². The predicted molar refractivity (Wildman–Crippen MR) is 252 cm³/mol. The third-order valence-corrected chi connectivity index (χ3v) is 15.0. The van der Waals surface area contributed by atoms with Crippen molar-refractivity contribution in [3.8, 4) is 0 Å². The van der Waals surface area contributed by atoms with E-state index in [0.717, 1.165) is 32.3 Å². The molecule has 64 heavy (non-hydrogen) atoms. The van der Waals surface area contributed by atoms with E-state index in [1.165, 1.54) is 8.80 Å². The van der Waals surface area contributed by atoms with E-state index in [1.54, 1.807) is 72.8 Å². The second kappa shape index (κ2) is 11.2. The number of aromatic nitrogens is 4. The van der Waals surface area contributed by atoms with Gasteiger partial charge in [-0.25, -0.2) is 9.97 Å². The van der Waals surface area contributed by atoms with Gasteiger partial charge in [0.2, 0.25) is 0 Å². The Balaban J connectivity index is 1.05. The summed E-state index contributed by atoms with van der Waals surface area (Å²) in [7, 11) is 0. The highest BCUT2D eigenvalue weighted by atomic mass is 79.9. The van der Waals surface area contributed by atoms with Gasteiger partial charge in [0.1, 0.15) is 22.3 Å². The van der Waals surface area contributed by atoms with E-state index in [4.69, 9.17) is 9.97 Å². The van der Waals surface area contributed by atoms with Crippen LogP contribution in [0.2, 0.25) is 0 Å². The van der Waals surface area contributed by atoms with Gasteiger partial charge < -0.3 is 0 Å². The molecule has 10 nitrogen and oxygen atoms in total. The molecule has 12 heteroatoms. The number of pyridine rings is 2. The highest BCUT2D eigenvalue weighted by Gasteiger charge is 2.35. The van der Waals surface area contributed by atoms with Gasteiger partial charge in [0.15, 0.2) is 23.1 Å². The molecule has 9 aromatic carbocycles. The van der Waals surface area contributed by atoms with Gasteiger partial charge in [-0.3, -0.25) is 37.6 Å². The minimum absolute atomic E-state index is 0.182. The zero-order chi connectivity index (χ0) is 42.9. The number of imidazole rings is 2. The van der Waals surface area contributed by atoms with Crippen LogP contribution in [0.15, 0.2) is 128 Å². The molecule has 0 N–H and O–H groups in total. The Morgan fingerprint density at radius 3 is 1.14 bits per heavy atom. The van der Waals surface area contributed by atoms with Gasteiger partial charge in [0.25, 0.3) is 11.1 Å². The van der Waals surface area contributed by atoms with Crippen LogP contribution in [-0.4, -0.2) is 41.9 Å². The Labute approximate surface area is 372 Å². The van der Waals surface area contributed by atoms with Crippen LogP contribution in [0.1, 0.15) is 63.7 Å². The van der Waals surface area contributed by atoms with Crippen LogP contribution in [0.3, 0.4) is 0 Å². The predicted octanol–water partition coefficient (Wildman–Crippen LogP) is 10.3. The summed E-state index contributed by atoms with van der Waals surface area (Å²) in [5.41, 5.74) is 3.66. The maximum Gasteiger partial charge on any atom is 0.264 e. The number of rotatable bonds is 0. The molecular weight excluding hydrogens is 936 g/mol. The van der Waals surface area contributed by atoms with E-state index >= 15 is 0 Å². The fourth-order valence-corrected chi connectivity index (χ4v) is 12.5. The Kier molecular flexibility index (Phi) is 6.09. The summed E-state index contributed by atoms with van der Waals surface area (Å²) in [4.78, 5) is 95.3. The molecule has 0 saturated heterocycles. The Morgan fingerprint density at radius 2 is 0.734 bits per heavy atom. The van der Waals surface area contributed by atoms with Crippen molar-refractivity contribution in [1.29, 1.82) is 0 Å². The van der Waals surface area contributed by atoms with Crippen LogP contribution in [0.5, 0.6) is 0 Å². The molecule has 2 aliphatic carbocycles. The normalized spacial score (nSPS) is 14.0. The molecule has 296 valence electrons. The third-order valence-electron chi connectivity index (χ3n) is 13.8. The van der Waals surface area contributed by atoms with Crippen molar-refractivity contribution in [3.05, 3.63) is 183 Å². The van der Waals surface area contributed by atoms with Crippen LogP contribution in [0.25, 0.3) is 98.0 Å². The third kappa shape index (κ3) is 3.75. The first kappa shape index (κ1) is 34.7. The van der Waals surface area contributed by atoms with Crippen molar-refractivity contribution in [3.63, 3.8) is 0 Å². The van der Waals surface area contributed by atoms with Crippen molar-refractivity contribution >= 4 is 153 Å². The number of fused-ring (bicyclic) bond motifs is 16. The minimum Gasteiger partial charge on any atom is -0.289 e. The maximum atomic E-state index is 14.9. The fraction of sp³-hybridized carbons (Fsp3) is 0. The van der Waals surface area contributed by atoms with Gasteiger partial charge in [-0.1, -0.05) is 92.5 Å². The molecular formula is C52H18Br2N4O6. The van der Waals surface area contributed by atoms with Gasteiger partial charge >= 0.3 is 0 Å². The minimum atomic E-state index is -0.324. The Hall–Kier alpha value is -7.80. The fourth-order valence-electron chi connectivity index (χ4n) is 11.2. The highest BCUT2D eigenvalue weighted by molar-refractivity contribution is 9.11. The van der Waals surface area contributed by atoms with Crippen LogP contribution >= 0.6 is 31.9 Å². The van der Waals surface area contributed by atoms with Gasteiger partial charge in [-0.2, -0.15) is 0 Å². The monoisotopic (exact) mass is 952 g/mol. The second-order valence-corrected chi connectivity index (χ2v) is 18.4. The van der Waals surface area contributed by atoms with Gasteiger partial charge in [-0.15, -0.1) is 0 Å². The number of nitrogens with zero attached hydrogens (tertiary/aromatic N) is 4. The summed E-state index contributed by atoms with van der Waals surface area (Å²) >= 11 is 7.76. The molecule has 0 amide bonds. The Bertz CT molecular complexity index is 4410. The topological polar surface area (TPSA) is 137 Å². The molecule has 13 aromatic rings. The molecule has 4 aromatic heterocycles. The van der Waals surface area contributed by atoms with Gasteiger partial charge in [0.05, 0.1) is 32.9 Å². The summed E-state index contributed by atoms with van der Waals surface area (Å²) in [6.45, 7) is 0. The summed E-state index contributed by atoms with van der Waals surface area (Å²) in [5, 5.41) is 8.59. The Morgan fingerprint density at radius 1 is 0.359 bits per heavy atom. The largest absolute Gasteiger partial charge is 0.289 e. The number of ketones is 4. The molecule has 0 unspecified atom stereocenters. The summed E-state index contributed by atoms with van der Waals surface area (Å²) in [6, 6.07) is 31.6. The van der Waals surface area contributed by atoms with E-state index in [2.05, 4.69) is 31.9 Å². The zero-order valence-electron chi connectivity index (χ0n) is 32.4. The van der Waals surface area contributed by atoms with E-state index in [1.807, 2.05) is 36.4 Å². The number of carbonyl (C=O) groups excluding carboxylic acids is 4. The first-order valence-electron chi connectivity index (χ1n) is 20.3. The van der Waals surface area contributed by atoms with E-state index in [-0.39, 0.29) is 67.5 Å². The van der Waals surface area contributed by atoms with Gasteiger partial charge in [0, 0.05) is 85.4 Å². The van der Waals surface area contributed by atoms with E-state index in [0.29, 0.717) is 85.8 Å². The van der Waals surface area contributed by atoms with E-state index < -0.39 is 0 Å². The van der Waals surface area contributed by atoms with Crippen LogP contribution < -0.4 is 11.1 Å². The number of hydrogen-bond donors (Lipinski definition) is 0. The summed E-state index contributed by atoms with van der Waals surface area (Å²) in [6.07, 6.45) is 0. The molecule has 2 aliphatic rings. The SMILES string of the molecule is O=C1c2ccccc2C(=O)c2c1ccc1c2nc2c3ccc4c5c(Br)cc6c(=O)n7c8ccc9c(c8nc7c7ccc(c8c(Br)cc(c(=O)n12)c3c48)c5c67)C(=O)c1ccccc1C9=O. The van der Waals surface area contributed by atoms with Crippen molar-refractivity contribution < 1.29 is 19.2 Å². The highest BCUT2D eigenvalue weighted by Crippen LogP contribution is 2.50. The van der Waals surface area contributed by atoms with Gasteiger partial charge in [-0.05, 0) is 59.3 Å². The molecule has 0 spiro atoms. The number of benzene rings is 9. The molecule has 15 rings (SSSR count). The van der Waals surface area contributed by atoms with E-state index in [9.17, 15) is 28.8 Å². The quantitative estimate of drug-likeness (QED) is 0.108. The maximum absolute atomic E-state index is 14.9. The number of carbonyl (C=O) groups is 4. The number of halogens is 2. The lowest BCUT2D eigenvalue weighted by atomic mass is 9.83. The van der Waals surface area contributed by atoms with Crippen LogP contribution in [-0.2, 0) is 0 Å². The standard InChI is InChI=1S/C52H18Br2N4O6/c53-31-17-29-35-27(49-55-43-33(57(49)51(29)63)15-13-25-41(43)47(61)21-7-3-1-5-19(21)45(25)59)11-9-23-38-32(54)18-30-36-28(12-10-24(40(36)38)37(31)39(23)35)50-56-44-34(58(50)52(30)64)16-14-26-42(44)48(62)22-8-4-2-6-20(22)46(26)60/h1-18H. The van der Waals surface area contributed by atoms with Crippen LogP contribution in [0, 0.1) is 0 Å². The molecule has 0 fully saturated rings. The lowest BCUT2D eigenvalue weighted by Crippen LogP contribution is -2.21. The average molecular weight is 955 g/mol.